The fraction of sp³-hybridized carbons (Fsp3) is 0. The molecule has 0 atom stereocenters. The molecule has 2 nitrogen and oxygen atoms in total. The van der Waals surface area contributed by atoms with E-state index in [-0.39, 0.29) is 0 Å². The average molecular weight is 142 g/mol. The van der Waals surface area contributed by atoms with Gasteiger partial charge in [0.25, 0.3) is 0 Å². The van der Waals surface area contributed by atoms with Crippen molar-refractivity contribution in [1.82, 2.24) is 0 Å². The van der Waals surface area contributed by atoms with Crippen molar-refractivity contribution in [2.75, 3.05) is 0 Å². The van der Waals surface area contributed by atoms with E-state index in [0.29, 0.717) is 0 Å². The highest BCUT2D eigenvalue weighted by atomic mass is 32.2. The first-order valence-corrected chi connectivity index (χ1v) is 3.42. The van der Waals surface area contributed by atoms with Crippen molar-refractivity contribution in [2.45, 2.75) is 0 Å². The van der Waals surface area contributed by atoms with Crippen molar-refractivity contribution >= 4 is 23.5 Å². The molecule has 0 aliphatic rings. The lowest BCUT2D eigenvalue weighted by molar-refractivity contribution is 1.57. The highest BCUT2D eigenvalue weighted by Gasteiger charge is 1.71. The third kappa shape index (κ3) is 5.42. The molecule has 0 aromatic carbocycles. The first-order chi connectivity index (χ1) is 3.91. The van der Waals surface area contributed by atoms with E-state index in [1.165, 1.54) is 0 Å². The Hall–Kier alpha value is -0.580. The molecule has 0 aliphatic heterocycles. The number of rotatable bonds is 2. The van der Waals surface area contributed by atoms with Crippen molar-refractivity contribution in [3.63, 3.8) is 0 Å². The van der Waals surface area contributed by atoms with Crippen LogP contribution in [0, 0.1) is 21.3 Å². The van der Waals surface area contributed by atoms with Crippen LogP contribution in [-0.4, -0.2) is 0 Å². The number of thioether (sulfide) groups is 2. The molecular formula is C4H2N2S2. The SMILES string of the molecule is N#CS/C=C/SC#N. The molecule has 40 valence electrons. The Bertz CT molecular complexity index is 132. The average Bonchev–Trinajstić information content (AvgIpc) is 1.81. The summed E-state index contributed by atoms with van der Waals surface area (Å²) in [5, 5.41) is 22.7. The molecule has 0 aliphatic carbocycles. The van der Waals surface area contributed by atoms with Crippen molar-refractivity contribution in [3.8, 4) is 10.8 Å². The van der Waals surface area contributed by atoms with E-state index >= 15 is 0 Å². The summed E-state index contributed by atoms with van der Waals surface area (Å²) in [6, 6.07) is 0. The van der Waals surface area contributed by atoms with Crippen LogP contribution in [0.1, 0.15) is 0 Å². The molecule has 8 heavy (non-hydrogen) atoms. The molecule has 0 amide bonds. The maximum absolute atomic E-state index is 7.94. The lowest BCUT2D eigenvalue weighted by Crippen LogP contribution is -1.40. The molecule has 0 saturated carbocycles. The molecule has 0 aromatic heterocycles. The van der Waals surface area contributed by atoms with Gasteiger partial charge in [0.1, 0.15) is 10.8 Å². The molecule has 0 N–H and O–H groups in total. The minimum Gasteiger partial charge on any atom is -0.185 e. The van der Waals surface area contributed by atoms with Gasteiger partial charge in [-0.2, -0.15) is 10.5 Å². The van der Waals surface area contributed by atoms with Crippen LogP contribution in [0.15, 0.2) is 10.8 Å². The summed E-state index contributed by atoms with van der Waals surface area (Å²) in [4.78, 5) is 0. The van der Waals surface area contributed by atoms with E-state index in [2.05, 4.69) is 0 Å². The number of hydrogen-bond donors (Lipinski definition) is 0. The fourth-order valence-electron chi connectivity index (χ4n) is 0.116. The van der Waals surface area contributed by atoms with Crippen LogP contribution < -0.4 is 0 Å². The Morgan fingerprint density at radius 1 is 1.00 bits per heavy atom. The predicted octanol–water partition coefficient (Wildman–Crippen LogP) is 1.89. The van der Waals surface area contributed by atoms with E-state index in [0.717, 1.165) is 23.5 Å². The van der Waals surface area contributed by atoms with Gasteiger partial charge in [0, 0.05) is 0 Å². The smallest absolute Gasteiger partial charge is 0.137 e. The minimum atomic E-state index is 1.00. The third-order valence-electron chi connectivity index (χ3n) is 0.297. The molecule has 0 unspecified atom stereocenters. The summed E-state index contributed by atoms with van der Waals surface area (Å²) in [5.41, 5.74) is 0. The Morgan fingerprint density at radius 3 is 1.62 bits per heavy atom. The highest BCUT2D eigenvalue weighted by molar-refractivity contribution is 8.09. The Morgan fingerprint density at radius 2 is 1.38 bits per heavy atom. The maximum atomic E-state index is 7.94. The second-order valence-electron chi connectivity index (χ2n) is 0.690. The summed E-state index contributed by atoms with van der Waals surface area (Å²) in [6.07, 6.45) is 0. The van der Waals surface area contributed by atoms with Crippen molar-refractivity contribution < 1.29 is 0 Å². The standard InChI is InChI=1S/C4H2N2S2/c5-3-7-1-2-8-4-6/h1-2H/b2-1+. The number of hydrogen-bond acceptors (Lipinski definition) is 4. The topological polar surface area (TPSA) is 47.6 Å². The molecule has 0 radical (unpaired) electrons. The van der Waals surface area contributed by atoms with E-state index in [9.17, 15) is 0 Å². The molecule has 0 fully saturated rings. The zero-order valence-electron chi connectivity index (χ0n) is 3.87. The van der Waals surface area contributed by atoms with E-state index < -0.39 is 0 Å². The van der Waals surface area contributed by atoms with Crippen LogP contribution in [0.3, 0.4) is 0 Å². The van der Waals surface area contributed by atoms with Gasteiger partial charge < -0.3 is 0 Å². The van der Waals surface area contributed by atoms with Crippen LogP contribution in [0.4, 0.5) is 0 Å². The van der Waals surface area contributed by atoms with Crippen LogP contribution in [0.25, 0.3) is 0 Å². The van der Waals surface area contributed by atoms with Crippen LogP contribution in [0.2, 0.25) is 0 Å². The monoisotopic (exact) mass is 142 g/mol. The molecule has 0 aromatic rings. The van der Waals surface area contributed by atoms with Gasteiger partial charge in [-0.3, -0.25) is 0 Å². The quantitative estimate of drug-likeness (QED) is 0.552. The first-order valence-electron chi connectivity index (χ1n) is 1.66. The molecule has 0 bridgehead atoms. The van der Waals surface area contributed by atoms with Crippen molar-refractivity contribution in [1.29, 1.82) is 10.5 Å². The molecule has 0 saturated heterocycles. The lowest BCUT2D eigenvalue weighted by Gasteiger charge is -1.68. The van der Waals surface area contributed by atoms with Gasteiger partial charge in [0.05, 0.1) is 0 Å². The van der Waals surface area contributed by atoms with Crippen molar-refractivity contribution in [3.05, 3.63) is 10.8 Å². The van der Waals surface area contributed by atoms with Crippen LogP contribution in [0.5, 0.6) is 0 Å². The van der Waals surface area contributed by atoms with E-state index in [4.69, 9.17) is 10.5 Å². The molecule has 0 rings (SSSR count). The summed E-state index contributed by atoms with van der Waals surface area (Å²) in [7, 11) is 0. The Labute approximate surface area is 56.2 Å². The van der Waals surface area contributed by atoms with Gasteiger partial charge in [-0.05, 0) is 34.3 Å². The second-order valence-corrected chi connectivity index (χ2v) is 2.07. The van der Waals surface area contributed by atoms with Gasteiger partial charge in [-0.15, -0.1) is 0 Å². The first kappa shape index (κ1) is 7.42. The van der Waals surface area contributed by atoms with Crippen LogP contribution in [-0.2, 0) is 0 Å². The Balaban J connectivity index is 3.14. The second kappa shape index (κ2) is 6.42. The lowest BCUT2D eigenvalue weighted by atomic mass is 11.3. The van der Waals surface area contributed by atoms with Crippen molar-refractivity contribution in [2.24, 2.45) is 0 Å². The van der Waals surface area contributed by atoms with Crippen LogP contribution >= 0.6 is 23.5 Å². The van der Waals surface area contributed by atoms with E-state index in [1.807, 2.05) is 10.8 Å². The highest BCUT2D eigenvalue weighted by Crippen LogP contribution is 2.04. The predicted molar refractivity (Wildman–Crippen MR) is 35.5 cm³/mol. The summed E-state index contributed by atoms with van der Waals surface area (Å²) < 4.78 is 0. The molecular weight excluding hydrogens is 140 g/mol. The third-order valence-corrected chi connectivity index (χ3v) is 1.22. The van der Waals surface area contributed by atoms with Gasteiger partial charge in [0.2, 0.25) is 0 Å². The van der Waals surface area contributed by atoms with E-state index in [1.54, 1.807) is 10.8 Å². The minimum absolute atomic E-state index is 1.00. The maximum Gasteiger partial charge on any atom is 0.137 e. The van der Waals surface area contributed by atoms with Gasteiger partial charge in [-0.25, -0.2) is 0 Å². The number of thiocyanates is 2. The summed E-state index contributed by atoms with van der Waals surface area (Å²) in [5.74, 6) is 0. The zero-order valence-corrected chi connectivity index (χ0v) is 5.50. The van der Waals surface area contributed by atoms with Gasteiger partial charge >= 0.3 is 0 Å². The summed E-state index contributed by atoms with van der Waals surface area (Å²) >= 11 is 2.00. The normalized spacial score (nSPS) is 8.25. The van der Waals surface area contributed by atoms with Gasteiger partial charge in [-0.1, -0.05) is 0 Å². The number of nitrogens with zero attached hydrogens (tertiary/aromatic N) is 2. The number of nitriles is 2. The summed E-state index contributed by atoms with van der Waals surface area (Å²) in [6.45, 7) is 0. The molecule has 0 spiro atoms. The largest absolute Gasteiger partial charge is 0.185 e. The molecule has 0 heterocycles. The fourth-order valence-corrected chi connectivity index (χ4v) is 0.683. The zero-order chi connectivity index (χ0) is 6.24. The Kier molecular flexibility index (Phi) is 5.95. The molecule has 4 heteroatoms. The van der Waals surface area contributed by atoms with Gasteiger partial charge in [0.15, 0.2) is 0 Å².